The molecule has 0 spiro atoms. The monoisotopic (exact) mass is 601 g/mol. The first-order valence-electron chi connectivity index (χ1n) is 14.5. The van der Waals surface area contributed by atoms with Gasteiger partial charge in [-0.1, -0.05) is 6.07 Å². The zero-order valence-electron chi connectivity index (χ0n) is 23.3. The normalized spacial score (nSPS) is 25.0. The number of nitriles is 1. The summed E-state index contributed by atoms with van der Waals surface area (Å²) in [6, 6.07) is 7.85. The van der Waals surface area contributed by atoms with Crippen molar-refractivity contribution in [3.8, 4) is 11.8 Å². The molecular formula is C31H31F4N3O5. The first-order chi connectivity index (χ1) is 20.5. The van der Waals surface area contributed by atoms with E-state index in [4.69, 9.17) is 9.47 Å². The molecule has 2 aromatic rings. The van der Waals surface area contributed by atoms with Crippen LogP contribution in [0.5, 0.6) is 5.75 Å². The zero-order valence-corrected chi connectivity index (χ0v) is 23.3. The molecule has 3 aliphatic heterocycles. The smallest absolute Gasteiger partial charge is 0.416 e. The lowest BCUT2D eigenvalue weighted by Crippen LogP contribution is -2.59. The summed E-state index contributed by atoms with van der Waals surface area (Å²) in [5.74, 6) is -2.10. The molecule has 0 unspecified atom stereocenters. The Balaban J connectivity index is 1.11. The largest absolute Gasteiger partial charge is 0.478 e. The van der Waals surface area contributed by atoms with Crippen LogP contribution in [0, 0.1) is 23.1 Å². The summed E-state index contributed by atoms with van der Waals surface area (Å²) >= 11 is 0. The topological polar surface area (TPSA) is 103 Å². The van der Waals surface area contributed by atoms with Crippen LogP contribution in [0.2, 0.25) is 0 Å². The highest BCUT2D eigenvalue weighted by molar-refractivity contribution is 5.88. The third-order valence-electron chi connectivity index (χ3n) is 9.35. The minimum Gasteiger partial charge on any atom is -0.478 e. The molecule has 4 aliphatic rings. The summed E-state index contributed by atoms with van der Waals surface area (Å²) < 4.78 is 66.3. The first-order valence-corrected chi connectivity index (χ1v) is 14.5. The lowest BCUT2D eigenvalue weighted by atomic mass is 9.83. The number of piperidine rings is 1. The molecule has 228 valence electrons. The summed E-state index contributed by atoms with van der Waals surface area (Å²) in [4.78, 5) is 29.0. The molecule has 8 nitrogen and oxygen atoms in total. The summed E-state index contributed by atoms with van der Waals surface area (Å²) in [6.45, 7) is 1.57. The van der Waals surface area contributed by atoms with Crippen molar-refractivity contribution < 1.29 is 41.7 Å². The number of fused-ring (bicyclic) bond motifs is 1. The van der Waals surface area contributed by atoms with Crippen LogP contribution >= 0.6 is 0 Å². The van der Waals surface area contributed by atoms with Crippen molar-refractivity contribution >= 4 is 11.9 Å². The van der Waals surface area contributed by atoms with E-state index < -0.39 is 29.1 Å². The average Bonchev–Trinajstić information content (AvgIpc) is 3.86. The number of rotatable bonds is 5. The van der Waals surface area contributed by atoms with Crippen molar-refractivity contribution in [2.75, 3.05) is 26.4 Å². The zero-order chi connectivity index (χ0) is 30.5. The van der Waals surface area contributed by atoms with E-state index in [0.29, 0.717) is 19.4 Å². The minimum absolute atomic E-state index is 0.0335. The Kier molecular flexibility index (Phi) is 7.59. The van der Waals surface area contributed by atoms with E-state index in [0.717, 1.165) is 56.5 Å². The molecule has 1 aliphatic carbocycles. The van der Waals surface area contributed by atoms with Crippen LogP contribution < -0.4 is 4.74 Å². The number of aromatic carboxylic acids is 1. The number of hydrogen-bond donors (Lipinski definition) is 1. The summed E-state index contributed by atoms with van der Waals surface area (Å²) in [6.07, 6.45) is -0.213. The maximum Gasteiger partial charge on any atom is 0.416 e. The molecule has 2 atom stereocenters. The number of carbonyl (C=O) groups excluding carboxylic acids is 1. The van der Waals surface area contributed by atoms with Crippen molar-refractivity contribution in [2.45, 2.75) is 68.8 Å². The van der Waals surface area contributed by atoms with Crippen molar-refractivity contribution in [3.05, 3.63) is 64.0 Å². The molecule has 3 fully saturated rings. The van der Waals surface area contributed by atoms with E-state index in [2.05, 4.69) is 4.90 Å². The van der Waals surface area contributed by atoms with E-state index in [9.17, 15) is 37.5 Å². The molecule has 2 saturated heterocycles. The van der Waals surface area contributed by atoms with E-state index in [-0.39, 0.29) is 59.5 Å². The molecule has 12 heteroatoms. The molecule has 1 amide bonds. The number of carboxylic acids is 1. The van der Waals surface area contributed by atoms with Crippen LogP contribution in [0.15, 0.2) is 30.3 Å². The van der Waals surface area contributed by atoms with Gasteiger partial charge < -0.3 is 19.5 Å². The SMILES string of the molecule is N#Cc1cc(C(F)(F)F)cc2c1OCN(C(=O)[C@@]1(C3CC3)CC[C@@H](N3CCC(c4ccc(F)c(C(=O)O)c4)CC3)CO1)C2. The number of carbonyl (C=O) groups is 2. The number of amides is 1. The Morgan fingerprint density at radius 2 is 1.81 bits per heavy atom. The predicted molar refractivity (Wildman–Crippen MR) is 144 cm³/mol. The fourth-order valence-electron chi connectivity index (χ4n) is 6.86. The molecule has 0 radical (unpaired) electrons. The number of hydrogen-bond acceptors (Lipinski definition) is 6. The second kappa shape index (κ2) is 11.1. The highest BCUT2D eigenvalue weighted by atomic mass is 19.4. The molecule has 3 heterocycles. The molecule has 0 aromatic heterocycles. The van der Waals surface area contributed by atoms with Crippen molar-refractivity contribution in [2.24, 2.45) is 5.92 Å². The van der Waals surface area contributed by atoms with Crippen molar-refractivity contribution in [1.29, 1.82) is 5.26 Å². The summed E-state index contributed by atoms with van der Waals surface area (Å²) in [5, 5.41) is 18.7. The van der Waals surface area contributed by atoms with Gasteiger partial charge in [0.25, 0.3) is 5.91 Å². The number of ether oxygens (including phenoxy) is 2. The lowest BCUT2D eigenvalue weighted by Gasteiger charge is -2.46. The molecule has 6 rings (SSSR count). The molecular weight excluding hydrogens is 570 g/mol. The van der Waals surface area contributed by atoms with E-state index in [1.165, 1.54) is 17.0 Å². The number of benzene rings is 2. The van der Waals surface area contributed by atoms with Gasteiger partial charge in [0, 0.05) is 11.6 Å². The summed E-state index contributed by atoms with van der Waals surface area (Å²) in [5.41, 5.74) is -1.60. The Bertz CT molecular complexity index is 1470. The van der Waals surface area contributed by atoms with Crippen LogP contribution in [0.3, 0.4) is 0 Å². The van der Waals surface area contributed by atoms with Gasteiger partial charge in [-0.15, -0.1) is 0 Å². The summed E-state index contributed by atoms with van der Waals surface area (Å²) in [7, 11) is 0. The fourth-order valence-corrected chi connectivity index (χ4v) is 6.86. The van der Waals surface area contributed by atoms with Crippen LogP contribution in [0.4, 0.5) is 17.6 Å². The lowest BCUT2D eigenvalue weighted by molar-refractivity contribution is -0.180. The molecule has 2 aromatic carbocycles. The van der Waals surface area contributed by atoms with Gasteiger partial charge in [0.2, 0.25) is 0 Å². The predicted octanol–water partition coefficient (Wildman–Crippen LogP) is 5.30. The van der Waals surface area contributed by atoms with E-state index >= 15 is 0 Å². The number of nitrogens with zero attached hydrogens (tertiary/aromatic N) is 3. The van der Waals surface area contributed by atoms with Gasteiger partial charge in [0.05, 0.1) is 29.8 Å². The second-order valence-corrected chi connectivity index (χ2v) is 11.9. The first kappa shape index (κ1) is 29.4. The van der Waals surface area contributed by atoms with Gasteiger partial charge in [-0.2, -0.15) is 18.4 Å². The number of likely N-dealkylation sites (tertiary alicyclic amines) is 1. The van der Waals surface area contributed by atoms with E-state index in [1.54, 1.807) is 12.1 Å². The van der Waals surface area contributed by atoms with Gasteiger partial charge in [-0.05, 0) is 93.3 Å². The maximum atomic E-state index is 13.9. The van der Waals surface area contributed by atoms with Gasteiger partial charge in [-0.25, -0.2) is 9.18 Å². The van der Waals surface area contributed by atoms with Crippen molar-refractivity contribution in [3.63, 3.8) is 0 Å². The minimum atomic E-state index is -4.64. The van der Waals surface area contributed by atoms with Crippen LogP contribution in [0.1, 0.15) is 77.1 Å². The van der Waals surface area contributed by atoms with Gasteiger partial charge in [-0.3, -0.25) is 9.69 Å². The molecule has 1 saturated carbocycles. The standard InChI is InChI=1S/C31H31F4N3O5/c32-26-4-1-19(13-25(26)28(39)40)18-6-9-37(10-7-18)24-5-8-30(43-16-24,22-2-3-22)29(41)38-15-21-12-23(31(33,34)35)11-20(14-36)27(21)42-17-38/h1,4,11-13,18,22,24H,2-3,5-10,15-17H2,(H,39,40)/t24-,30+/m1/s1. The van der Waals surface area contributed by atoms with Crippen LogP contribution in [-0.4, -0.2) is 64.9 Å². The molecule has 0 bridgehead atoms. The quantitative estimate of drug-likeness (QED) is 0.464. The van der Waals surface area contributed by atoms with Gasteiger partial charge >= 0.3 is 12.1 Å². The Morgan fingerprint density at radius 1 is 1.07 bits per heavy atom. The highest BCUT2D eigenvalue weighted by Gasteiger charge is 2.56. The van der Waals surface area contributed by atoms with Gasteiger partial charge in [0.1, 0.15) is 23.2 Å². The highest BCUT2D eigenvalue weighted by Crippen LogP contribution is 2.49. The van der Waals surface area contributed by atoms with E-state index in [1.807, 2.05) is 0 Å². The Labute approximate surface area is 245 Å². The number of alkyl halides is 3. The second-order valence-electron chi connectivity index (χ2n) is 11.9. The third-order valence-corrected chi connectivity index (χ3v) is 9.35. The average molecular weight is 602 g/mol. The van der Waals surface area contributed by atoms with Crippen molar-refractivity contribution in [1.82, 2.24) is 9.80 Å². The number of halogens is 4. The number of carboxylic acid groups (broad SMARTS) is 1. The van der Waals surface area contributed by atoms with Gasteiger partial charge in [0.15, 0.2) is 6.73 Å². The fraction of sp³-hybridized carbons (Fsp3) is 0.516. The third kappa shape index (κ3) is 5.56. The molecule has 1 N–H and O–H groups in total. The Morgan fingerprint density at radius 3 is 2.42 bits per heavy atom. The Hall–Kier alpha value is -3.69. The van der Waals surface area contributed by atoms with Crippen LogP contribution in [0.25, 0.3) is 0 Å². The molecule has 43 heavy (non-hydrogen) atoms. The van der Waals surface area contributed by atoms with Crippen LogP contribution in [-0.2, 0) is 22.3 Å². The maximum absolute atomic E-state index is 13.9.